The van der Waals surface area contributed by atoms with Crippen LogP contribution in [0.3, 0.4) is 0 Å². The van der Waals surface area contributed by atoms with Gasteiger partial charge in [-0.15, -0.1) is 0 Å². The maximum absolute atomic E-state index is 11.7. The molecule has 0 aliphatic rings. The van der Waals surface area contributed by atoms with E-state index in [-0.39, 0.29) is 18.1 Å². The Labute approximate surface area is 108 Å². The minimum atomic E-state index is -3.49. The van der Waals surface area contributed by atoms with Crippen LogP contribution < -0.4 is 4.72 Å². The number of sulfone groups is 1. The van der Waals surface area contributed by atoms with E-state index in [4.69, 9.17) is 0 Å². The summed E-state index contributed by atoms with van der Waals surface area (Å²) in [5, 5.41) is 0. The molecule has 0 amide bonds. The zero-order valence-electron chi connectivity index (χ0n) is 10.4. The van der Waals surface area contributed by atoms with Gasteiger partial charge in [0.05, 0.1) is 11.5 Å². The quantitative estimate of drug-likeness (QED) is 0.825. The summed E-state index contributed by atoms with van der Waals surface area (Å²) in [6.07, 6.45) is 1.07. The zero-order chi connectivity index (χ0) is 13.8. The summed E-state index contributed by atoms with van der Waals surface area (Å²) in [6, 6.07) is 7.18. The molecular weight excluding hydrogens is 274 g/mol. The predicted molar refractivity (Wildman–Crippen MR) is 71.5 cm³/mol. The first-order valence-corrected chi connectivity index (χ1v) is 9.10. The standard InChI is InChI=1S/C11H17NO4S2/c1-10-5-3-4-6-11(10)9-18(15,16)12-7-8-17(2,13)14/h3-6,12H,7-9H2,1-2H3. The largest absolute Gasteiger partial charge is 0.229 e. The Morgan fingerprint density at radius 3 is 2.28 bits per heavy atom. The molecular formula is C11H17NO4S2. The molecule has 1 aromatic carbocycles. The van der Waals surface area contributed by atoms with Crippen LogP contribution in [0, 0.1) is 6.92 Å². The number of hydrogen-bond donors (Lipinski definition) is 1. The van der Waals surface area contributed by atoms with Gasteiger partial charge in [-0.3, -0.25) is 0 Å². The van der Waals surface area contributed by atoms with Gasteiger partial charge in [0.15, 0.2) is 0 Å². The van der Waals surface area contributed by atoms with E-state index in [1.54, 1.807) is 12.1 Å². The van der Waals surface area contributed by atoms with Crippen molar-refractivity contribution in [3.63, 3.8) is 0 Å². The first kappa shape index (κ1) is 15.1. The van der Waals surface area contributed by atoms with Gasteiger partial charge in [-0.1, -0.05) is 24.3 Å². The number of sulfonamides is 1. The maximum atomic E-state index is 11.7. The Balaban J connectivity index is 2.64. The van der Waals surface area contributed by atoms with Gasteiger partial charge in [0, 0.05) is 12.8 Å². The summed E-state index contributed by atoms with van der Waals surface area (Å²) >= 11 is 0. The second-order valence-corrected chi connectivity index (χ2v) is 8.28. The van der Waals surface area contributed by atoms with Gasteiger partial charge in [-0.05, 0) is 18.1 Å². The van der Waals surface area contributed by atoms with Gasteiger partial charge in [-0.25, -0.2) is 21.6 Å². The van der Waals surface area contributed by atoms with Crippen molar-refractivity contribution in [1.29, 1.82) is 0 Å². The van der Waals surface area contributed by atoms with Crippen LogP contribution in [-0.4, -0.2) is 35.4 Å². The predicted octanol–water partition coefficient (Wildman–Crippen LogP) is 0.459. The lowest BCUT2D eigenvalue weighted by Crippen LogP contribution is -2.30. The minimum Gasteiger partial charge on any atom is -0.229 e. The van der Waals surface area contributed by atoms with Crippen molar-refractivity contribution >= 4 is 19.9 Å². The highest BCUT2D eigenvalue weighted by atomic mass is 32.2. The number of benzene rings is 1. The lowest BCUT2D eigenvalue weighted by Gasteiger charge is -2.08. The van der Waals surface area contributed by atoms with Crippen molar-refractivity contribution in [3.05, 3.63) is 35.4 Å². The molecule has 0 fully saturated rings. The van der Waals surface area contributed by atoms with Crippen molar-refractivity contribution in [3.8, 4) is 0 Å². The lowest BCUT2D eigenvalue weighted by molar-refractivity contribution is 0.581. The van der Waals surface area contributed by atoms with Crippen LogP contribution in [0.4, 0.5) is 0 Å². The fourth-order valence-electron chi connectivity index (χ4n) is 1.41. The van der Waals surface area contributed by atoms with Crippen LogP contribution in [0.15, 0.2) is 24.3 Å². The van der Waals surface area contributed by atoms with E-state index >= 15 is 0 Å². The molecule has 1 rings (SSSR count). The smallest absolute Gasteiger partial charge is 0.215 e. The van der Waals surface area contributed by atoms with Gasteiger partial charge in [0.2, 0.25) is 10.0 Å². The third-order valence-electron chi connectivity index (χ3n) is 2.40. The Kier molecular flexibility index (Phi) is 4.89. The molecule has 0 aromatic heterocycles. The summed E-state index contributed by atoms with van der Waals surface area (Å²) in [5.74, 6) is -0.330. The van der Waals surface area contributed by atoms with Crippen LogP contribution in [0.2, 0.25) is 0 Å². The average molecular weight is 291 g/mol. The maximum Gasteiger partial charge on any atom is 0.215 e. The zero-order valence-corrected chi connectivity index (χ0v) is 12.0. The fourth-order valence-corrected chi connectivity index (χ4v) is 3.26. The topological polar surface area (TPSA) is 80.3 Å². The summed E-state index contributed by atoms with van der Waals surface area (Å²) in [6.45, 7) is 1.74. The molecule has 0 heterocycles. The van der Waals surface area contributed by atoms with Gasteiger partial charge in [-0.2, -0.15) is 0 Å². The molecule has 0 atom stereocenters. The van der Waals surface area contributed by atoms with E-state index in [1.165, 1.54) is 0 Å². The number of hydrogen-bond acceptors (Lipinski definition) is 4. The van der Waals surface area contributed by atoms with E-state index in [9.17, 15) is 16.8 Å². The summed E-state index contributed by atoms with van der Waals surface area (Å²) in [7, 11) is -6.65. The summed E-state index contributed by atoms with van der Waals surface area (Å²) < 4.78 is 47.5. The van der Waals surface area contributed by atoms with Crippen molar-refractivity contribution in [2.45, 2.75) is 12.7 Å². The highest BCUT2D eigenvalue weighted by molar-refractivity contribution is 7.91. The van der Waals surface area contributed by atoms with E-state index in [2.05, 4.69) is 4.72 Å². The molecule has 1 aromatic rings. The van der Waals surface area contributed by atoms with Crippen LogP contribution in [0.5, 0.6) is 0 Å². The molecule has 0 aliphatic heterocycles. The van der Waals surface area contributed by atoms with Gasteiger partial charge >= 0.3 is 0 Å². The van der Waals surface area contributed by atoms with E-state index < -0.39 is 19.9 Å². The summed E-state index contributed by atoms with van der Waals surface area (Å²) in [4.78, 5) is 0. The van der Waals surface area contributed by atoms with Crippen molar-refractivity contribution in [2.24, 2.45) is 0 Å². The lowest BCUT2D eigenvalue weighted by atomic mass is 10.1. The van der Waals surface area contributed by atoms with E-state index in [1.807, 2.05) is 19.1 Å². The van der Waals surface area contributed by atoms with Crippen molar-refractivity contribution in [2.75, 3.05) is 18.6 Å². The monoisotopic (exact) mass is 291 g/mol. The fraction of sp³-hybridized carbons (Fsp3) is 0.455. The molecule has 7 heteroatoms. The molecule has 5 nitrogen and oxygen atoms in total. The molecule has 18 heavy (non-hydrogen) atoms. The Morgan fingerprint density at radius 1 is 1.11 bits per heavy atom. The van der Waals surface area contributed by atoms with Gasteiger partial charge in [0.1, 0.15) is 9.84 Å². The van der Waals surface area contributed by atoms with Crippen LogP contribution >= 0.6 is 0 Å². The summed E-state index contributed by atoms with van der Waals surface area (Å²) in [5.41, 5.74) is 1.61. The molecule has 0 saturated carbocycles. The minimum absolute atomic E-state index is 0.0902. The van der Waals surface area contributed by atoms with Crippen LogP contribution in [0.25, 0.3) is 0 Å². The first-order valence-electron chi connectivity index (χ1n) is 5.39. The Bertz CT molecular complexity index is 606. The van der Waals surface area contributed by atoms with Gasteiger partial charge in [0.25, 0.3) is 0 Å². The number of aryl methyl sites for hydroxylation is 1. The molecule has 1 N–H and O–H groups in total. The third kappa shape index (κ3) is 5.61. The highest BCUT2D eigenvalue weighted by Gasteiger charge is 2.13. The molecule has 0 bridgehead atoms. The first-order chi connectivity index (χ1) is 8.20. The van der Waals surface area contributed by atoms with E-state index in [0.29, 0.717) is 5.56 Å². The third-order valence-corrected chi connectivity index (χ3v) is 4.68. The Hall–Kier alpha value is -0.920. The van der Waals surface area contributed by atoms with Crippen molar-refractivity contribution in [1.82, 2.24) is 4.72 Å². The number of nitrogens with one attached hydrogen (secondary N) is 1. The highest BCUT2D eigenvalue weighted by Crippen LogP contribution is 2.10. The Morgan fingerprint density at radius 2 is 1.72 bits per heavy atom. The molecule has 102 valence electrons. The molecule has 0 radical (unpaired) electrons. The average Bonchev–Trinajstić information content (AvgIpc) is 2.18. The normalized spacial score (nSPS) is 12.6. The molecule has 0 spiro atoms. The van der Waals surface area contributed by atoms with Crippen LogP contribution in [-0.2, 0) is 25.6 Å². The molecule has 0 saturated heterocycles. The second kappa shape index (κ2) is 5.81. The molecule has 0 unspecified atom stereocenters. The van der Waals surface area contributed by atoms with E-state index in [0.717, 1.165) is 11.8 Å². The van der Waals surface area contributed by atoms with Gasteiger partial charge < -0.3 is 0 Å². The number of rotatable bonds is 6. The second-order valence-electron chi connectivity index (χ2n) is 4.21. The SMILES string of the molecule is Cc1ccccc1CS(=O)(=O)NCCS(C)(=O)=O. The molecule has 0 aliphatic carbocycles. The van der Waals surface area contributed by atoms with Crippen molar-refractivity contribution < 1.29 is 16.8 Å². The van der Waals surface area contributed by atoms with Crippen LogP contribution in [0.1, 0.15) is 11.1 Å².